The van der Waals surface area contributed by atoms with E-state index in [1.54, 1.807) is 18.2 Å². The van der Waals surface area contributed by atoms with E-state index in [-0.39, 0.29) is 34.8 Å². The Morgan fingerprint density at radius 1 is 1.06 bits per heavy atom. The van der Waals surface area contributed by atoms with Gasteiger partial charge in [0, 0.05) is 18.8 Å². The second-order valence-electron chi connectivity index (χ2n) is 8.85. The minimum absolute atomic E-state index is 0.0551. The molecule has 2 aromatic carbocycles. The van der Waals surface area contributed by atoms with Crippen LogP contribution in [0, 0.1) is 0 Å². The molecule has 8 heteroatoms. The lowest BCUT2D eigenvalue weighted by atomic mass is 9.92. The standard InChI is InChI=1S/C25H34N2O5S/c1-17(2)20-7-6-8-21(18(3)4)25(20)26-24(28)16-19-9-10-22(31-5)23(15-19)33(29,30)27-11-13-32-14-12-27/h6-10,15,17-18H,11-14,16H2,1-5H3,(H,26,28). The summed E-state index contributed by atoms with van der Waals surface area (Å²) in [7, 11) is -2.32. The highest BCUT2D eigenvalue weighted by atomic mass is 32.2. The molecular formula is C25H34N2O5S. The van der Waals surface area contributed by atoms with Crippen molar-refractivity contribution in [1.82, 2.24) is 4.31 Å². The maximum absolute atomic E-state index is 13.2. The second kappa shape index (κ2) is 10.7. The van der Waals surface area contributed by atoms with E-state index in [1.165, 1.54) is 11.4 Å². The monoisotopic (exact) mass is 474 g/mol. The maximum Gasteiger partial charge on any atom is 0.246 e. The Bertz CT molecular complexity index is 1060. The Kier molecular flexibility index (Phi) is 8.15. The fraction of sp³-hybridized carbons (Fsp3) is 0.480. The predicted molar refractivity (Wildman–Crippen MR) is 130 cm³/mol. The van der Waals surface area contributed by atoms with Crippen molar-refractivity contribution in [2.45, 2.75) is 50.8 Å². The number of para-hydroxylation sites is 1. The molecule has 0 spiro atoms. The highest BCUT2D eigenvalue weighted by Gasteiger charge is 2.29. The number of ether oxygens (including phenoxy) is 2. The van der Waals surface area contributed by atoms with Gasteiger partial charge in [-0.2, -0.15) is 4.31 Å². The van der Waals surface area contributed by atoms with Crippen LogP contribution < -0.4 is 10.1 Å². The van der Waals surface area contributed by atoms with Gasteiger partial charge in [-0.3, -0.25) is 4.79 Å². The first-order valence-corrected chi connectivity index (χ1v) is 12.8. The van der Waals surface area contributed by atoms with Crippen LogP contribution in [-0.2, 0) is 26.0 Å². The van der Waals surface area contributed by atoms with Gasteiger partial charge >= 0.3 is 0 Å². The molecule has 180 valence electrons. The summed E-state index contributed by atoms with van der Waals surface area (Å²) in [5.74, 6) is 0.582. The molecule has 0 atom stereocenters. The van der Waals surface area contributed by atoms with E-state index < -0.39 is 10.0 Å². The minimum atomic E-state index is -3.76. The average Bonchev–Trinajstić information content (AvgIpc) is 2.79. The summed E-state index contributed by atoms with van der Waals surface area (Å²) in [6, 6.07) is 11.0. The third-order valence-electron chi connectivity index (χ3n) is 5.82. The fourth-order valence-corrected chi connectivity index (χ4v) is 5.64. The number of morpholine rings is 1. The number of nitrogens with one attached hydrogen (secondary N) is 1. The minimum Gasteiger partial charge on any atom is -0.495 e. The first-order chi connectivity index (χ1) is 15.6. The molecule has 0 bridgehead atoms. The average molecular weight is 475 g/mol. The number of amides is 1. The van der Waals surface area contributed by atoms with Crippen molar-refractivity contribution < 1.29 is 22.7 Å². The number of methoxy groups -OCH3 is 1. The second-order valence-corrected chi connectivity index (χ2v) is 10.8. The molecule has 1 aliphatic rings. The molecule has 0 saturated carbocycles. The molecule has 7 nitrogen and oxygen atoms in total. The van der Waals surface area contributed by atoms with Crippen LogP contribution in [0.1, 0.15) is 56.2 Å². The van der Waals surface area contributed by atoms with Crippen LogP contribution in [0.4, 0.5) is 5.69 Å². The molecule has 1 fully saturated rings. The molecular weight excluding hydrogens is 440 g/mol. The lowest BCUT2D eigenvalue weighted by molar-refractivity contribution is -0.115. The molecule has 1 N–H and O–H groups in total. The van der Waals surface area contributed by atoms with Gasteiger partial charge in [-0.15, -0.1) is 0 Å². The third kappa shape index (κ3) is 5.75. The Morgan fingerprint density at radius 3 is 2.21 bits per heavy atom. The quantitative estimate of drug-likeness (QED) is 0.621. The van der Waals surface area contributed by atoms with Crippen molar-refractivity contribution >= 4 is 21.6 Å². The number of anilines is 1. The topological polar surface area (TPSA) is 84.9 Å². The third-order valence-corrected chi connectivity index (χ3v) is 7.74. The lowest BCUT2D eigenvalue weighted by Crippen LogP contribution is -2.40. The van der Waals surface area contributed by atoms with E-state index in [4.69, 9.17) is 9.47 Å². The summed E-state index contributed by atoms with van der Waals surface area (Å²) in [6.45, 7) is 9.69. The van der Waals surface area contributed by atoms with Gasteiger partial charge in [-0.1, -0.05) is 52.0 Å². The molecule has 3 rings (SSSR count). The van der Waals surface area contributed by atoms with Crippen LogP contribution in [0.3, 0.4) is 0 Å². The number of benzene rings is 2. The number of carbonyl (C=O) groups is 1. The fourth-order valence-electron chi connectivity index (χ4n) is 4.02. The van der Waals surface area contributed by atoms with Crippen LogP contribution in [0.25, 0.3) is 0 Å². The van der Waals surface area contributed by atoms with Crippen molar-refractivity contribution in [3.05, 3.63) is 53.1 Å². The zero-order valence-electron chi connectivity index (χ0n) is 20.1. The summed E-state index contributed by atoms with van der Waals surface area (Å²) in [6.07, 6.45) is 0.0551. The molecule has 1 amide bonds. The molecule has 0 unspecified atom stereocenters. The summed E-state index contributed by atoms with van der Waals surface area (Å²) in [5.41, 5.74) is 3.62. The first kappa shape index (κ1) is 25.2. The van der Waals surface area contributed by atoms with E-state index >= 15 is 0 Å². The SMILES string of the molecule is COc1ccc(CC(=O)Nc2c(C(C)C)cccc2C(C)C)cc1S(=O)(=O)N1CCOCC1. The highest BCUT2D eigenvalue weighted by Crippen LogP contribution is 2.33. The van der Waals surface area contributed by atoms with E-state index in [9.17, 15) is 13.2 Å². The van der Waals surface area contributed by atoms with Crippen molar-refractivity contribution in [3.63, 3.8) is 0 Å². The zero-order chi connectivity index (χ0) is 24.2. The maximum atomic E-state index is 13.2. The smallest absolute Gasteiger partial charge is 0.246 e. The van der Waals surface area contributed by atoms with Crippen LogP contribution in [0.15, 0.2) is 41.3 Å². The van der Waals surface area contributed by atoms with E-state index in [1.807, 2.05) is 18.2 Å². The van der Waals surface area contributed by atoms with Crippen LogP contribution in [-0.4, -0.2) is 52.0 Å². The van der Waals surface area contributed by atoms with Gasteiger partial charge in [0.15, 0.2) is 0 Å². The van der Waals surface area contributed by atoms with Crippen molar-refractivity contribution in [1.29, 1.82) is 0 Å². The number of hydrogen-bond donors (Lipinski definition) is 1. The molecule has 1 aliphatic heterocycles. The Labute approximate surface area is 197 Å². The van der Waals surface area contributed by atoms with Crippen LogP contribution in [0.5, 0.6) is 5.75 Å². The van der Waals surface area contributed by atoms with Gasteiger partial charge in [-0.05, 0) is 40.7 Å². The first-order valence-electron chi connectivity index (χ1n) is 11.3. The van der Waals surface area contributed by atoms with E-state index in [0.29, 0.717) is 31.9 Å². The predicted octanol–water partition coefficient (Wildman–Crippen LogP) is 4.14. The Balaban J connectivity index is 1.88. The van der Waals surface area contributed by atoms with Gasteiger partial charge in [0.2, 0.25) is 15.9 Å². The normalized spacial score (nSPS) is 15.1. The van der Waals surface area contributed by atoms with E-state index in [2.05, 4.69) is 33.0 Å². The largest absolute Gasteiger partial charge is 0.495 e. The Hall–Kier alpha value is -2.42. The molecule has 1 saturated heterocycles. The highest BCUT2D eigenvalue weighted by molar-refractivity contribution is 7.89. The molecule has 1 heterocycles. The summed E-state index contributed by atoms with van der Waals surface area (Å²) in [5, 5.41) is 3.09. The number of hydrogen-bond acceptors (Lipinski definition) is 5. The molecule has 0 radical (unpaired) electrons. The van der Waals surface area contributed by atoms with Gasteiger partial charge in [0.05, 0.1) is 26.7 Å². The van der Waals surface area contributed by atoms with Crippen molar-refractivity contribution in [3.8, 4) is 5.75 Å². The summed E-state index contributed by atoms with van der Waals surface area (Å²) in [4.78, 5) is 13.1. The number of rotatable bonds is 8. The number of nitrogens with zero attached hydrogens (tertiary/aromatic N) is 1. The van der Waals surface area contributed by atoms with Crippen LogP contribution >= 0.6 is 0 Å². The summed E-state index contributed by atoms with van der Waals surface area (Å²) < 4.78 is 38.5. The Morgan fingerprint density at radius 2 is 1.67 bits per heavy atom. The van der Waals surface area contributed by atoms with Crippen molar-refractivity contribution in [2.24, 2.45) is 0 Å². The van der Waals surface area contributed by atoms with Gasteiger partial charge < -0.3 is 14.8 Å². The molecule has 2 aromatic rings. The molecule has 0 aliphatic carbocycles. The summed E-state index contributed by atoms with van der Waals surface area (Å²) >= 11 is 0. The van der Waals surface area contributed by atoms with E-state index in [0.717, 1.165) is 16.8 Å². The molecule has 33 heavy (non-hydrogen) atoms. The van der Waals surface area contributed by atoms with Crippen molar-refractivity contribution in [2.75, 3.05) is 38.7 Å². The van der Waals surface area contributed by atoms with Gasteiger partial charge in [0.25, 0.3) is 0 Å². The van der Waals surface area contributed by atoms with Crippen LogP contribution in [0.2, 0.25) is 0 Å². The number of sulfonamides is 1. The molecule has 0 aromatic heterocycles. The van der Waals surface area contributed by atoms with Gasteiger partial charge in [0.1, 0.15) is 10.6 Å². The lowest BCUT2D eigenvalue weighted by Gasteiger charge is -2.26. The van der Waals surface area contributed by atoms with Gasteiger partial charge in [-0.25, -0.2) is 8.42 Å². The zero-order valence-corrected chi connectivity index (χ0v) is 20.9. The number of carbonyl (C=O) groups excluding carboxylic acids is 1.